The summed E-state index contributed by atoms with van der Waals surface area (Å²) < 4.78 is 86.5. The van der Waals surface area contributed by atoms with Crippen LogP contribution in [0.3, 0.4) is 0 Å². The summed E-state index contributed by atoms with van der Waals surface area (Å²) in [4.78, 5) is 0. The average Bonchev–Trinajstić information content (AvgIpc) is 0.753. The van der Waals surface area contributed by atoms with Gasteiger partial charge in [-0.1, -0.05) is 325 Å². The van der Waals surface area contributed by atoms with Crippen molar-refractivity contribution in [3.05, 3.63) is 386 Å². The van der Waals surface area contributed by atoms with Crippen molar-refractivity contribution in [3.63, 3.8) is 0 Å². The van der Waals surface area contributed by atoms with Gasteiger partial charge in [-0.3, -0.25) is 0 Å². The second-order valence-corrected chi connectivity index (χ2v) is 40.6. The van der Waals surface area contributed by atoms with Crippen LogP contribution in [0.25, 0.3) is 0 Å². The summed E-state index contributed by atoms with van der Waals surface area (Å²) in [5, 5.41) is 48.5. The fraction of sp³-hybridized carbons (Fsp3) is 0.374. The molecule has 0 heterocycles. The molecule has 0 amide bonds. The number of halogens is 9. The molecule has 0 aromatic heterocycles. The zero-order valence-corrected chi connectivity index (χ0v) is 81.7. The Morgan fingerprint density at radius 1 is 0.254 bits per heavy atom. The Bertz CT molecular complexity index is 5390. The second kappa shape index (κ2) is 45.3. The molecule has 6 saturated carbocycles. The lowest BCUT2D eigenvalue weighted by molar-refractivity contribution is -0.184. The molecule has 0 unspecified atom stereocenters. The van der Waals surface area contributed by atoms with Crippen LogP contribution in [0.5, 0.6) is 34.5 Å². The fourth-order valence-electron chi connectivity index (χ4n) is 22.0. The van der Waals surface area contributed by atoms with Crippen LogP contribution in [0.1, 0.15) is 271 Å². The molecule has 0 spiro atoms. The molecule has 15 heteroatoms. The van der Waals surface area contributed by atoms with Gasteiger partial charge in [0.15, 0.2) is 0 Å². The molecule has 0 atom stereocenters. The van der Waals surface area contributed by atoms with E-state index in [0.717, 1.165) is 57.1 Å². The van der Waals surface area contributed by atoms with Crippen molar-refractivity contribution in [3.8, 4) is 34.5 Å². The lowest BCUT2D eigenvalue weighted by Crippen LogP contribution is -2.37. The van der Waals surface area contributed by atoms with Crippen LogP contribution in [-0.2, 0) is 32.5 Å². The number of hydrogen-bond acceptors (Lipinski definition) is 6. The molecule has 12 aromatic rings. The molecule has 0 radical (unpaired) electrons. The number of methoxy groups -OCH3 is 1. The number of hydrogen-bond donors (Lipinski definition) is 5. The maximum Gasteiger partial charge on any atom is 0.391 e. The first-order valence-corrected chi connectivity index (χ1v) is 50.1. The minimum Gasteiger partial charge on any atom is -0.508 e. The number of aromatic hydroxyl groups is 5. The first kappa shape index (κ1) is 98.7. The predicted octanol–water partition coefficient (Wildman–Crippen LogP) is 32.9. The third-order valence-corrected chi connectivity index (χ3v) is 31.9. The van der Waals surface area contributed by atoms with Crippen LogP contribution in [0.4, 0.5) is 26.3 Å². The van der Waals surface area contributed by atoms with Gasteiger partial charge in [-0.05, 0) is 324 Å². The van der Waals surface area contributed by atoms with Gasteiger partial charge in [-0.25, -0.2) is 0 Å². The standard InChI is InChI=1S/C21H26.C20H21F3O.C19H19F3O.C19H22O2.C18H18I2O.C18H19IO/c1-18-12-14-20(15-13-18)21(19-10-6-5-7-11-19)16-8-3-2-4-9-17-21;1-14-2-4-15(5-3-14)19(16-6-8-18(24)9-7-16)12-10-17(11-13-19)20(21,22)23;20-19(21,22)16-10-12-18(13-11-16,14-4-2-1-3-5-14)15-6-8-17(23)9-7-15;1-21-18-7-5-6-16(14-18)19(12-3-2-4-13-19)15-8-10-17(20)11-9-15;19-15-11-14(12-16(20)17(15)21)18(9-5-2-6-10-18)13-7-3-1-4-8-13;19-16-13-15(9-10-17(16)20)18(11-5-2-6-12-18)14-7-3-1-4-8-14/h5-7,10-15H,2-4,8-9,16-17H2,1H3;2-9,17,24H,10-13H2,1H3;1-9,16,23H,10-13H2;5-11,14,20H,2-4,12-13H2,1H3;1,3-4,7-8,11-12,21H,2,5-6,9-10H2;1,3-4,7-10,13,20H,2,5-6,11-12H2. The summed E-state index contributed by atoms with van der Waals surface area (Å²) in [6, 6.07) is 100. The van der Waals surface area contributed by atoms with Crippen LogP contribution in [0.2, 0.25) is 0 Å². The third-order valence-electron chi connectivity index (χ3n) is 29.4. The van der Waals surface area contributed by atoms with E-state index >= 15 is 0 Å². The SMILES string of the molecule is COc1cccc(C2(c3ccc(O)cc3)CCCCC2)c1.Cc1ccc(C2(c3ccc(O)cc3)CCC(C(F)(F)F)CC2)cc1.Cc1ccc(C2(c3ccccc3)CCCCCCC2)cc1.Oc1c(I)cc(C2(c3ccccc3)CCCCC2)cc1I.Oc1ccc(C2(c3ccccc3)CCC(C(F)(F)F)CC2)cc1.Oc1ccc(C2(c3ccccc3)CCCCC2)cc1I. The van der Waals surface area contributed by atoms with Gasteiger partial charge in [-0.2, -0.15) is 26.3 Å². The topological polar surface area (TPSA) is 110 Å². The number of alkyl halides is 6. The van der Waals surface area contributed by atoms with Crippen molar-refractivity contribution in [1.82, 2.24) is 0 Å². The van der Waals surface area contributed by atoms with Crippen molar-refractivity contribution in [1.29, 1.82) is 0 Å². The van der Waals surface area contributed by atoms with E-state index in [-0.39, 0.29) is 58.8 Å². The molecule has 5 N–H and O–H groups in total. The third kappa shape index (κ3) is 23.9. The summed E-state index contributed by atoms with van der Waals surface area (Å²) >= 11 is 6.71. The number of ether oxygens (including phenoxy) is 1. The van der Waals surface area contributed by atoms with Gasteiger partial charge in [0.25, 0.3) is 0 Å². The molecule has 0 aliphatic heterocycles. The van der Waals surface area contributed by atoms with Gasteiger partial charge < -0.3 is 30.3 Å². The second-order valence-electron chi connectivity index (χ2n) is 37.1. The van der Waals surface area contributed by atoms with E-state index in [1.54, 1.807) is 43.5 Å². The number of phenolic OH excluding ortho intramolecular Hbond substituents is 5. The lowest BCUT2D eigenvalue weighted by atomic mass is 9.63. The Balaban J connectivity index is 0.000000133. The lowest BCUT2D eigenvalue weighted by Gasteiger charge is -2.42. The summed E-state index contributed by atoms with van der Waals surface area (Å²) in [6.45, 7) is 4.18. The van der Waals surface area contributed by atoms with Crippen molar-refractivity contribution >= 4 is 67.8 Å². The normalized spacial score (nSPS) is 20.5. The number of rotatable bonds is 13. The summed E-state index contributed by atoms with van der Waals surface area (Å²) in [7, 11) is 1.72. The van der Waals surface area contributed by atoms with Crippen LogP contribution in [0.15, 0.2) is 297 Å². The highest BCUT2D eigenvalue weighted by Gasteiger charge is 2.50. The van der Waals surface area contributed by atoms with Crippen LogP contribution >= 0.6 is 67.8 Å². The first-order valence-electron chi connectivity index (χ1n) is 46.8. The van der Waals surface area contributed by atoms with Gasteiger partial charge in [0.1, 0.15) is 34.5 Å². The molecular weight excluding hydrogens is 1970 g/mol. The van der Waals surface area contributed by atoms with Gasteiger partial charge in [0.05, 0.1) is 29.7 Å². The van der Waals surface area contributed by atoms with E-state index < -0.39 is 35.0 Å². The van der Waals surface area contributed by atoms with E-state index in [9.17, 15) is 51.9 Å². The highest BCUT2D eigenvalue weighted by Crippen LogP contribution is 2.55. The molecule has 0 bridgehead atoms. The molecule has 18 rings (SSSR count). The average molecular weight is 2100 g/mol. The van der Waals surface area contributed by atoms with Crippen molar-refractivity contribution in [2.75, 3.05) is 7.11 Å². The first-order chi connectivity index (χ1) is 62.6. The smallest absolute Gasteiger partial charge is 0.391 e. The Hall–Kier alpha value is -8.79. The van der Waals surface area contributed by atoms with Crippen LogP contribution < -0.4 is 4.74 Å². The van der Waals surface area contributed by atoms with Crippen molar-refractivity contribution in [2.45, 2.75) is 251 Å². The molecule has 6 aliphatic carbocycles. The quantitative estimate of drug-likeness (QED) is 0.0581. The zero-order valence-electron chi connectivity index (χ0n) is 75.2. The molecule has 0 saturated heterocycles. The van der Waals surface area contributed by atoms with Gasteiger partial charge in [-0.15, -0.1) is 0 Å². The van der Waals surface area contributed by atoms with Crippen molar-refractivity contribution in [2.24, 2.45) is 11.8 Å². The molecule has 12 aromatic carbocycles. The maximum absolute atomic E-state index is 13.1. The molecule has 6 nitrogen and oxygen atoms in total. The van der Waals surface area contributed by atoms with E-state index in [2.05, 4.69) is 245 Å². The molecule has 6 fully saturated rings. The Kier molecular flexibility index (Phi) is 34.4. The molecule has 684 valence electrons. The summed E-state index contributed by atoms with van der Waals surface area (Å²) in [6.07, 6.45) is 22.4. The molecule has 130 heavy (non-hydrogen) atoms. The minimum atomic E-state index is -4.12. The predicted molar refractivity (Wildman–Crippen MR) is 542 cm³/mol. The summed E-state index contributed by atoms with van der Waals surface area (Å²) in [5.41, 5.74) is 17.5. The van der Waals surface area contributed by atoms with Crippen molar-refractivity contribution < 1.29 is 56.6 Å². The Labute approximate surface area is 808 Å². The Morgan fingerprint density at radius 2 is 0.485 bits per heavy atom. The van der Waals surface area contributed by atoms with Gasteiger partial charge >= 0.3 is 12.4 Å². The van der Waals surface area contributed by atoms with E-state index in [1.807, 2.05) is 97.9 Å². The Morgan fingerprint density at radius 3 is 0.777 bits per heavy atom. The van der Waals surface area contributed by atoms with Gasteiger partial charge in [0.2, 0.25) is 0 Å². The fourth-order valence-corrected chi connectivity index (χ4v) is 24.3. The largest absolute Gasteiger partial charge is 0.508 e. The number of benzene rings is 12. The highest BCUT2D eigenvalue weighted by molar-refractivity contribution is 14.1. The number of aryl methyl sites for hydroxylation is 2. The van der Waals surface area contributed by atoms with E-state index in [1.165, 1.54) is 178 Å². The van der Waals surface area contributed by atoms with Crippen LogP contribution in [0, 0.1) is 36.4 Å². The van der Waals surface area contributed by atoms with Crippen LogP contribution in [-0.4, -0.2) is 45.0 Å². The van der Waals surface area contributed by atoms with Gasteiger partial charge in [0, 0.05) is 32.5 Å². The number of phenols is 5. The summed E-state index contributed by atoms with van der Waals surface area (Å²) in [5.74, 6) is -0.0497. The minimum absolute atomic E-state index is 0.0560. The molecular formula is C115H125F6I3O6. The van der Waals surface area contributed by atoms with E-state index in [0.29, 0.717) is 42.9 Å². The molecule has 6 aliphatic rings. The highest BCUT2D eigenvalue weighted by atomic mass is 127. The van der Waals surface area contributed by atoms with E-state index in [4.69, 9.17) is 4.74 Å². The zero-order chi connectivity index (χ0) is 92.0. The monoisotopic (exact) mass is 2100 g/mol. The maximum atomic E-state index is 13.1.